The van der Waals surface area contributed by atoms with E-state index < -0.39 is 0 Å². The van der Waals surface area contributed by atoms with E-state index in [1.165, 1.54) is 11.1 Å². The van der Waals surface area contributed by atoms with E-state index in [1.807, 2.05) is 13.0 Å². The number of phenols is 1. The number of allylic oxidation sites excluding steroid dienone is 2. The van der Waals surface area contributed by atoms with Crippen LogP contribution in [-0.4, -0.2) is 10.9 Å². The molecule has 0 aliphatic heterocycles. The molecule has 0 radical (unpaired) electrons. The molecule has 1 nitrogen and oxygen atoms in total. The lowest BCUT2D eigenvalue weighted by Gasteiger charge is -2.10. The first kappa shape index (κ1) is 14.9. The van der Waals surface area contributed by atoms with Crippen molar-refractivity contribution in [3.63, 3.8) is 0 Å². The summed E-state index contributed by atoms with van der Waals surface area (Å²) in [6, 6.07) is 5.86. The van der Waals surface area contributed by atoms with Gasteiger partial charge in [0.05, 0.1) is 0 Å². The first-order valence-electron chi connectivity index (χ1n) is 6.18. The molecule has 0 aliphatic carbocycles. The van der Waals surface area contributed by atoms with Crippen LogP contribution in [0.2, 0.25) is 0 Å². The van der Waals surface area contributed by atoms with Gasteiger partial charge in [-0.25, -0.2) is 0 Å². The van der Waals surface area contributed by atoms with Crippen LogP contribution in [0, 0.1) is 0 Å². The lowest BCUT2D eigenvalue weighted by molar-refractivity contribution is 0.462. The zero-order valence-electron chi connectivity index (χ0n) is 11.7. The highest BCUT2D eigenvalue weighted by molar-refractivity contribution is 7.99. The van der Waals surface area contributed by atoms with E-state index in [2.05, 4.69) is 39.5 Å². The number of rotatable bonds is 5. The first-order valence-corrected chi connectivity index (χ1v) is 7.17. The predicted molar refractivity (Wildman–Crippen MR) is 81.5 cm³/mol. The summed E-state index contributed by atoms with van der Waals surface area (Å²) in [6.07, 6.45) is 2.08. The van der Waals surface area contributed by atoms with Gasteiger partial charge in [-0.3, -0.25) is 0 Å². The van der Waals surface area contributed by atoms with Gasteiger partial charge in [-0.2, -0.15) is 0 Å². The van der Waals surface area contributed by atoms with E-state index in [0.29, 0.717) is 11.7 Å². The average molecular weight is 262 g/mol. The Bertz CT molecular complexity index is 458. The second kappa shape index (κ2) is 6.69. The van der Waals surface area contributed by atoms with Crippen LogP contribution in [0.15, 0.2) is 46.9 Å². The van der Waals surface area contributed by atoms with Crippen LogP contribution in [0.25, 0.3) is 0 Å². The average Bonchev–Trinajstić information content (AvgIpc) is 2.26. The van der Waals surface area contributed by atoms with Crippen molar-refractivity contribution in [2.24, 2.45) is 0 Å². The molecule has 1 aromatic carbocycles. The van der Waals surface area contributed by atoms with Crippen LogP contribution in [0.3, 0.4) is 0 Å². The Morgan fingerprint density at radius 1 is 1.39 bits per heavy atom. The fourth-order valence-electron chi connectivity index (χ4n) is 1.66. The maximum Gasteiger partial charge on any atom is 0.129 e. The zero-order valence-corrected chi connectivity index (χ0v) is 12.5. The highest BCUT2D eigenvalue weighted by atomic mass is 32.2. The second-order valence-electron chi connectivity index (χ2n) is 5.01. The van der Waals surface area contributed by atoms with E-state index >= 15 is 0 Å². The van der Waals surface area contributed by atoms with Crippen molar-refractivity contribution in [2.45, 2.75) is 38.5 Å². The van der Waals surface area contributed by atoms with Crippen LogP contribution in [0.1, 0.15) is 39.2 Å². The lowest BCUT2D eigenvalue weighted by Crippen LogP contribution is -1.89. The molecule has 0 amide bonds. The Morgan fingerprint density at radius 2 is 2.06 bits per heavy atom. The second-order valence-corrected chi connectivity index (χ2v) is 6.02. The van der Waals surface area contributed by atoms with Gasteiger partial charge in [0.25, 0.3) is 0 Å². The third-order valence-electron chi connectivity index (χ3n) is 2.60. The lowest BCUT2D eigenvalue weighted by atomic mass is 10.0. The summed E-state index contributed by atoms with van der Waals surface area (Å²) in [7, 11) is 0. The van der Waals surface area contributed by atoms with E-state index in [9.17, 15) is 5.11 Å². The van der Waals surface area contributed by atoms with E-state index in [1.54, 1.807) is 17.8 Å². The fraction of sp³-hybridized carbons (Fsp3) is 0.375. The Balaban J connectivity index is 2.78. The molecule has 1 N–H and O–H groups in total. The molecule has 0 heterocycles. The van der Waals surface area contributed by atoms with Gasteiger partial charge >= 0.3 is 0 Å². The molecule has 2 heteroatoms. The first-order chi connectivity index (χ1) is 8.40. The summed E-state index contributed by atoms with van der Waals surface area (Å²) < 4.78 is 0. The molecule has 0 saturated carbocycles. The highest BCUT2D eigenvalue weighted by Gasteiger charge is 2.06. The standard InChI is InChI=1S/C16H22OS/c1-11(2)8-13(5)10-18-16-9-14(12(3)4)6-7-15(16)17/h6-9,12,17H,1,10H2,2-5H3/b13-8-. The largest absolute Gasteiger partial charge is 0.507 e. The van der Waals surface area contributed by atoms with Gasteiger partial charge in [-0.15, -0.1) is 11.8 Å². The SMILES string of the molecule is C=C(C)/C=C(/C)CSc1cc(C(C)C)ccc1O. The summed E-state index contributed by atoms with van der Waals surface area (Å²) in [5.41, 5.74) is 3.59. The molecule has 98 valence electrons. The number of benzene rings is 1. The number of hydrogen-bond donors (Lipinski definition) is 1. The minimum absolute atomic E-state index is 0.368. The van der Waals surface area contributed by atoms with Gasteiger partial charge in [0.1, 0.15) is 5.75 Å². The number of thioether (sulfide) groups is 1. The van der Waals surface area contributed by atoms with Crippen molar-refractivity contribution < 1.29 is 5.11 Å². The van der Waals surface area contributed by atoms with Crippen LogP contribution in [0.5, 0.6) is 5.75 Å². The summed E-state index contributed by atoms with van der Waals surface area (Å²) in [6.45, 7) is 12.3. The van der Waals surface area contributed by atoms with Gasteiger partial charge in [0.15, 0.2) is 0 Å². The van der Waals surface area contributed by atoms with Gasteiger partial charge < -0.3 is 5.11 Å². The molecule has 0 saturated heterocycles. The minimum Gasteiger partial charge on any atom is -0.507 e. The van der Waals surface area contributed by atoms with Crippen molar-refractivity contribution in [1.82, 2.24) is 0 Å². The van der Waals surface area contributed by atoms with Gasteiger partial charge in [-0.1, -0.05) is 43.7 Å². The van der Waals surface area contributed by atoms with Crippen LogP contribution in [-0.2, 0) is 0 Å². The van der Waals surface area contributed by atoms with Crippen LogP contribution in [0.4, 0.5) is 0 Å². The van der Waals surface area contributed by atoms with Crippen LogP contribution < -0.4 is 0 Å². The van der Waals surface area contributed by atoms with Crippen molar-refractivity contribution in [3.8, 4) is 5.75 Å². The maximum absolute atomic E-state index is 9.85. The van der Waals surface area contributed by atoms with Crippen molar-refractivity contribution >= 4 is 11.8 Å². The highest BCUT2D eigenvalue weighted by Crippen LogP contribution is 2.32. The molecule has 0 unspecified atom stereocenters. The normalized spacial score (nSPS) is 11.9. The Morgan fingerprint density at radius 3 is 2.61 bits per heavy atom. The molecule has 0 aliphatic rings. The van der Waals surface area contributed by atoms with Crippen molar-refractivity contribution in [1.29, 1.82) is 0 Å². The maximum atomic E-state index is 9.85. The quantitative estimate of drug-likeness (QED) is 0.586. The molecular weight excluding hydrogens is 240 g/mol. The summed E-state index contributed by atoms with van der Waals surface area (Å²) in [5.74, 6) is 1.73. The van der Waals surface area contributed by atoms with E-state index in [-0.39, 0.29) is 0 Å². The fourth-order valence-corrected chi connectivity index (χ4v) is 2.56. The summed E-state index contributed by atoms with van der Waals surface area (Å²) in [5, 5.41) is 9.85. The molecule has 0 aromatic heterocycles. The van der Waals surface area contributed by atoms with E-state index in [4.69, 9.17) is 0 Å². The monoisotopic (exact) mass is 262 g/mol. The smallest absolute Gasteiger partial charge is 0.129 e. The molecule has 18 heavy (non-hydrogen) atoms. The molecule has 1 rings (SSSR count). The molecular formula is C16H22OS. The zero-order chi connectivity index (χ0) is 13.7. The molecule has 1 aromatic rings. The summed E-state index contributed by atoms with van der Waals surface area (Å²) >= 11 is 1.67. The number of phenolic OH excluding ortho intramolecular Hbond substituents is 1. The minimum atomic E-state index is 0.368. The Labute approximate surface area is 115 Å². The Hall–Kier alpha value is -1.15. The van der Waals surface area contributed by atoms with E-state index in [0.717, 1.165) is 16.2 Å². The third-order valence-corrected chi connectivity index (χ3v) is 3.84. The Kier molecular flexibility index (Phi) is 5.54. The molecule has 0 fully saturated rings. The third kappa shape index (κ3) is 4.61. The van der Waals surface area contributed by atoms with Crippen LogP contribution >= 0.6 is 11.8 Å². The van der Waals surface area contributed by atoms with Gasteiger partial charge in [-0.05, 0) is 37.5 Å². The summed E-state index contributed by atoms with van der Waals surface area (Å²) in [4.78, 5) is 0.954. The number of aromatic hydroxyl groups is 1. The van der Waals surface area contributed by atoms with Gasteiger partial charge in [0, 0.05) is 10.6 Å². The predicted octanol–water partition coefficient (Wildman–Crippen LogP) is 5.13. The topological polar surface area (TPSA) is 20.2 Å². The van der Waals surface area contributed by atoms with Crippen molar-refractivity contribution in [2.75, 3.05) is 5.75 Å². The number of hydrogen-bond acceptors (Lipinski definition) is 2. The molecule has 0 spiro atoms. The molecule has 0 bridgehead atoms. The molecule has 0 atom stereocenters. The van der Waals surface area contributed by atoms with Gasteiger partial charge in [0.2, 0.25) is 0 Å². The van der Waals surface area contributed by atoms with Crippen molar-refractivity contribution in [3.05, 3.63) is 47.6 Å².